The minimum atomic E-state index is -0.654. The first kappa shape index (κ1) is 23.7. The maximum Gasteiger partial charge on any atom is 0.261 e. The second-order valence-corrected chi connectivity index (χ2v) is 8.12. The Morgan fingerprint density at radius 3 is 2.33 bits per heavy atom. The maximum atomic E-state index is 13.0. The molecule has 1 atom stereocenters. The van der Waals surface area contributed by atoms with Gasteiger partial charge in [-0.15, -0.1) is 0 Å². The summed E-state index contributed by atoms with van der Waals surface area (Å²) in [5.41, 5.74) is 1.98. The predicted molar refractivity (Wildman–Crippen MR) is 121 cm³/mol. The molecule has 5 nitrogen and oxygen atoms in total. The summed E-state index contributed by atoms with van der Waals surface area (Å²) >= 11 is 6.29. The molecular formula is C24H31ClN2O3. The maximum absolute atomic E-state index is 13.0. The molecule has 1 N–H and O–H groups in total. The van der Waals surface area contributed by atoms with E-state index in [0.29, 0.717) is 23.2 Å². The zero-order valence-corrected chi connectivity index (χ0v) is 18.9. The number of nitrogens with zero attached hydrogens (tertiary/aromatic N) is 1. The predicted octanol–water partition coefficient (Wildman–Crippen LogP) is 4.47. The van der Waals surface area contributed by atoms with E-state index in [1.165, 1.54) is 10.5 Å². The van der Waals surface area contributed by atoms with Gasteiger partial charge in [-0.1, -0.05) is 62.7 Å². The summed E-state index contributed by atoms with van der Waals surface area (Å²) in [6, 6.07) is 14.3. The van der Waals surface area contributed by atoms with Gasteiger partial charge in [0, 0.05) is 18.1 Å². The van der Waals surface area contributed by atoms with Gasteiger partial charge in [-0.25, -0.2) is 0 Å². The highest BCUT2D eigenvalue weighted by Gasteiger charge is 2.27. The molecule has 0 radical (unpaired) electrons. The van der Waals surface area contributed by atoms with E-state index in [2.05, 4.69) is 12.2 Å². The Kier molecular flexibility index (Phi) is 9.18. The summed E-state index contributed by atoms with van der Waals surface area (Å²) in [6.45, 7) is 8.48. The van der Waals surface area contributed by atoms with Gasteiger partial charge in [0.2, 0.25) is 5.91 Å². The quantitative estimate of drug-likeness (QED) is 0.605. The number of amides is 2. The van der Waals surface area contributed by atoms with Crippen molar-refractivity contribution in [2.24, 2.45) is 5.92 Å². The third-order valence-electron chi connectivity index (χ3n) is 4.84. The Bertz CT molecular complexity index is 837. The van der Waals surface area contributed by atoms with Crippen molar-refractivity contribution in [3.8, 4) is 5.75 Å². The molecule has 0 aromatic heterocycles. The van der Waals surface area contributed by atoms with Crippen LogP contribution in [0.4, 0.5) is 0 Å². The van der Waals surface area contributed by atoms with Crippen molar-refractivity contribution < 1.29 is 14.3 Å². The van der Waals surface area contributed by atoms with Crippen molar-refractivity contribution in [2.45, 2.75) is 46.7 Å². The topological polar surface area (TPSA) is 58.6 Å². The van der Waals surface area contributed by atoms with Gasteiger partial charge in [0.25, 0.3) is 5.91 Å². The molecule has 2 aromatic carbocycles. The number of ether oxygens (including phenoxy) is 1. The van der Waals surface area contributed by atoms with Crippen molar-refractivity contribution >= 4 is 23.4 Å². The Hall–Kier alpha value is -2.53. The fourth-order valence-electron chi connectivity index (χ4n) is 2.89. The largest absolute Gasteiger partial charge is 0.484 e. The van der Waals surface area contributed by atoms with Crippen LogP contribution in [0, 0.1) is 5.92 Å². The Morgan fingerprint density at radius 1 is 1.07 bits per heavy atom. The van der Waals surface area contributed by atoms with Gasteiger partial charge in [0.1, 0.15) is 11.8 Å². The minimum absolute atomic E-state index is 0.155. The molecule has 1 unspecified atom stereocenters. The van der Waals surface area contributed by atoms with E-state index in [9.17, 15) is 9.59 Å². The summed E-state index contributed by atoms with van der Waals surface area (Å²) in [5.74, 6) is 0.469. The number of hydrogen-bond acceptors (Lipinski definition) is 3. The third kappa shape index (κ3) is 7.06. The molecule has 0 saturated carbocycles. The second-order valence-electron chi connectivity index (χ2n) is 7.71. The van der Waals surface area contributed by atoms with Crippen molar-refractivity contribution in [1.29, 1.82) is 0 Å². The number of halogens is 1. The fraction of sp³-hybridized carbons (Fsp3) is 0.417. The molecule has 0 aliphatic heterocycles. The Morgan fingerprint density at radius 2 is 1.73 bits per heavy atom. The Labute approximate surface area is 184 Å². The van der Waals surface area contributed by atoms with Gasteiger partial charge < -0.3 is 15.0 Å². The van der Waals surface area contributed by atoms with Gasteiger partial charge in [-0.05, 0) is 48.6 Å². The van der Waals surface area contributed by atoms with E-state index in [1.807, 2.05) is 56.3 Å². The van der Waals surface area contributed by atoms with E-state index >= 15 is 0 Å². The average Bonchev–Trinajstić information content (AvgIpc) is 2.75. The standard InChI is InChI=1S/C24H31ClN2O3/c1-5-19-10-12-21(13-11-19)30-16-23(28)27(15-20-8-6-7-9-22(20)25)18(4)24(29)26-14-17(2)3/h6-13,17-18H,5,14-16H2,1-4H3,(H,26,29). The molecule has 2 amide bonds. The molecule has 0 heterocycles. The number of benzene rings is 2. The summed E-state index contributed by atoms with van der Waals surface area (Å²) in [6.07, 6.45) is 0.938. The monoisotopic (exact) mass is 430 g/mol. The summed E-state index contributed by atoms with van der Waals surface area (Å²) < 4.78 is 5.69. The molecule has 2 rings (SSSR count). The zero-order valence-electron chi connectivity index (χ0n) is 18.2. The van der Waals surface area contributed by atoms with Crippen LogP contribution in [0.3, 0.4) is 0 Å². The molecule has 0 bridgehead atoms. The van der Waals surface area contributed by atoms with Crippen LogP contribution in [0.25, 0.3) is 0 Å². The van der Waals surface area contributed by atoms with E-state index in [0.717, 1.165) is 12.0 Å². The third-order valence-corrected chi connectivity index (χ3v) is 5.21. The summed E-state index contributed by atoms with van der Waals surface area (Å²) in [5, 5.41) is 3.45. The van der Waals surface area contributed by atoms with Crippen molar-refractivity contribution in [3.05, 3.63) is 64.7 Å². The summed E-state index contributed by atoms with van der Waals surface area (Å²) in [4.78, 5) is 27.2. The van der Waals surface area contributed by atoms with Gasteiger partial charge in [0.05, 0.1) is 0 Å². The van der Waals surface area contributed by atoms with Crippen LogP contribution in [0.1, 0.15) is 38.8 Å². The SMILES string of the molecule is CCc1ccc(OCC(=O)N(Cc2ccccc2Cl)C(C)C(=O)NCC(C)C)cc1. The van der Waals surface area contributed by atoms with Gasteiger partial charge in [-0.3, -0.25) is 9.59 Å². The number of aryl methyl sites for hydroxylation is 1. The van der Waals surface area contributed by atoms with Crippen molar-refractivity contribution in [1.82, 2.24) is 10.2 Å². The fourth-order valence-corrected chi connectivity index (χ4v) is 3.09. The molecular weight excluding hydrogens is 400 g/mol. The Balaban J connectivity index is 2.12. The van der Waals surface area contributed by atoms with Crippen LogP contribution in [-0.4, -0.2) is 35.9 Å². The number of nitrogens with one attached hydrogen (secondary N) is 1. The minimum Gasteiger partial charge on any atom is -0.484 e. The van der Waals surface area contributed by atoms with Crippen LogP contribution in [-0.2, 0) is 22.6 Å². The lowest BCUT2D eigenvalue weighted by Crippen LogP contribution is -2.49. The van der Waals surface area contributed by atoms with E-state index in [1.54, 1.807) is 13.0 Å². The summed E-state index contributed by atoms with van der Waals surface area (Å²) in [7, 11) is 0. The molecule has 30 heavy (non-hydrogen) atoms. The first-order chi connectivity index (χ1) is 14.3. The van der Waals surface area contributed by atoms with Crippen LogP contribution in [0.2, 0.25) is 5.02 Å². The van der Waals surface area contributed by atoms with Crippen LogP contribution in [0.5, 0.6) is 5.75 Å². The van der Waals surface area contributed by atoms with E-state index in [-0.39, 0.29) is 25.0 Å². The number of hydrogen-bond donors (Lipinski definition) is 1. The second kappa shape index (κ2) is 11.6. The molecule has 0 aliphatic carbocycles. The number of carbonyl (C=O) groups excluding carboxylic acids is 2. The normalized spacial score (nSPS) is 11.8. The van der Waals surface area contributed by atoms with Gasteiger partial charge in [0.15, 0.2) is 6.61 Å². The van der Waals surface area contributed by atoms with Gasteiger partial charge >= 0.3 is 0 Å². The van der Waals surface area contributed by atoms with Crippen molar-refractivity contribution in [3.63, 3.8) is 0 Å². The average molecular weight is 431 g/mol. The smallest absolute Gasteiger partial charge is 0.261 e. The van der Waals surface area contributed by atoms with Crippen LogP contribution >= 0.6 is 11.6 Å². The first-order valence-corrected chi connectivity index (χ1v) is 10.7. The van der Waals surface area contributed by atoms with E-state index in [4.69, 9.17) is 16.3 Å². The lowest BCUT2D eigenvalue weighted by atomic mass is 10.1. The lowest BCUT2D eigenvalue weighted by molar-refractivity contribution is -0.142. The number of carbonyl (C=O) groups is 2. The molecule has 0 spiro atoms. The van der Waals surface area contributed by atoms with E-state index < -0.39 is 6.04 Å². The van der Waals surface area contributed by atoms with Crippen LogP contribution < -0.4 is 10.1 Å². The first-order valence-electron chi connectivity index (χ1n) is 10.3. The number of rotatable bonds is 10. The lowest BCUT2D eigenvalue weighted by Gasteiger charge is -2.29. The molecule has 2 aromatic rings. The molecule has 6 heteroatoms. The molecule has 0 aliphatic rings. The highest BCUT2D eigenvalue weighted by Crippen LogP contribution is 2.19. The molecule has 0 fully saturated rings. The molecule has 162 valence electrons. The molecule has 0 saturated heterocycles. The highest BCUT2D eigenvalue weighted by molar-refractivity contribution is 6.31. The zero-order chi connectivity index (χ0) is 22.1. The highest BCUT2D eigenvalue weighted by atomic mass is 35.5. The van der Waals surface area contributed by atoms with Crippen molar-refractivity contribution in [2.75, 3.05) is 13.2 Å². The van der Waals surface area contributed by atoms with Gasteiger partial charge in [-0.2, -0.15) is 0 Å². The van der Waals surface area contributed by atoms with Crippen LogP contribution in [0.15, 0.2) is 48.5 Å².